The average Bonchev–Trinajstić information content (AvgIpc) is 2.65. The van der Waals surface area contributed by atoms with Crippen LogP contribution in [0.25, 0.3) is 0 Å². The van der Waals surface area contributed by atoms with Crippen molar-refractivity contribution < 1.29 is 10.2 Å². The first-order chi connectivity index (χ1) is 12.8. The highest BCUT2D eigenvalue weighted by Gasteiger charge is 2.07. The van der Waals surface area contributed by atoms with Crippen molar-refractivity contribution in [3.8, 4) is 0 Å². The minimum absolute atomic E-state index is 0.232. The molecule has 0 aromatic rings. The number of aliphatic hydroxyl groups excluding tert-OH is 2. The van der Waals surface area contributed by atoms with Gasteiger partial charge in [-0.05, 0) is 62.9 Å². The molecule has 0 aliphatic heterocycles. The number of rotatable bonds is 20. The third-order valence-electron chi connectivity index (χ3n) is 5.10. The van der Waals surface area contributed by atoms with Crippen LogP contribution < -0.4 is 0 Å². The van der Waals surface area contributed by atoms with Crippen LogP contribution in [0.1, 0.15) is 103 Å². The molecule has 0 aliphatic carbocycles. The van der Waals surface area contributed by atoms with Gasteiger partial charge in [0, 0.05) is 13.2 Å². The van der Waals surface area contributed by atoms with Crippen molar-refractivity contribution >= 4 is 25.3 Å². The molecule has 0 bridgehead atoms. The van der Waals surface area contributed by atoms with Crippen molar-refractivity contribution in [3.05, 3.63) is 11.1 Å². The fraction of sp³-hybridized carbons (Fsp3) is 0.909. The third kappa shape index (κ3) is 16.5. The normalized spacial score (nSPS) is 12.5. The largest absolute Gasteiger partial charge is 0.396 e. The highest BCUT2D eigenvalue weighted by Crippen LogP contribution is 2.24. The predicted molar refractivity (Wildman–Crippen MR) is 123 cm³/mol. The van der Waals surface area contributed by atoms with E-state index in [2.05, 4.69) is 25.3 Å². The highest BCUT2D eigenvalue weighted by atomic mass is 32.1. The summed E-state index contributed by atoms with van der Waals surface area (Å²) < 4.78 is 0. The number of hydrogen-bond acceptors (Lipinski definition) is 4. The van der Waals surface area contributed by atoms with Gasteiger partial charge in [0.2, 0.25) is 0 Å². The maximum atomic E-state index is 9.44. The van der Waals surface area contributed by atoms with E-state index in [9.17, 15) is 10.2 Å². The van der Waals surface area contributed by atoms with Crippen LogP contribution in [0.4, 0.5) is 0 Å². The molecule has 0 saturated carbocycles. The average molecular weight is 405 g/mol. The second-order valence-corrected chi connectivity index (χ2v) is 8.24. The second-order valence-electron chi connectivity index (χ2n) is 7.34. The van der Waals surface area contributed by atoms with E-state index in [1.54, 1.807) is 0 Å². The van der Waals surface area contributed by atoms with E-state index >= 15 is 0 Å². The molecule has 156 valence electrons. The lowest BCUT2D eigenvalue weighted by Gasteiger charge is -2.15. The SMILES string of the molecule is OCCC(CCCCCCCCS)=C(CCO)CCCCCCCCS. The summed E-state index contributed by atoms with van der Waals surface area (Å²) in [5, 5.41) is 18.9. The van der Waals surface area contributed by atoms with Crippen molar-refractivity contribution in [1.82, 2.24) is 0 Å². The summed E-state index contributed by atoms with van der Waals surface area (Å²) >= 11 is 8.52. The maximum Gasteiger partial charge on any atom is 0.0468 e. The van der Waals surface area contributed by atoms with Gasteiger partial charge in [0.1, 0.15) is 0 Å². The number of thiol groups is 2. The Hall–Kier alpha value is 0.360. The van der Waals surface area contributed by atoms with E-state index in [0.717, 1.165) is 37.2 Å². The molecule has 2 N–H and O–H groups in total. The Balaban J connectivity index is 4.19. The van der Waals surface area contributed by atoms with Gasteiger partial charge in [-0.15, -0.1) is 0 Å². The summed E-state index contributed by atoms with van der Waals surface area (Å²) in [7, 11) is 0. The first-order valence-corrected chi connectivity index (χ1v) is 12.2. The van der Waals surface area contributed by atoms with Crippen molar-refractivity contribution in [2.75, 3.05) is 24.7 Å². The van der Waals surface area contributed by atoms with E-state index in [1.165, 1.54) is 88.2 Å². The molecule has 0 atom stereocenters. The van der Waals surface area contributed by atoms with Gasteiger partial charge in [-0.1, -0.05) is 62.5 Å². The standard InChI is InChI=1S/C22H44O2S2/c23-17-15-21(13-9-5-1-3-7-11-19-25)22(16-18-24)14-10-6-2-4-8-12-20-26/h23-26H,1-20H2. The maximum absolute atomic E-state index is 9.44. The molecule has 0 fully saturated rings. The Bertz CT molecular complexity index is 289. The fourth-order valence-corrected chi connectivity index (χ4v) is 3.99. The molecule has 0 unspecified atom stereocenters. The fourth-order valence-electron chi connectivity index (χ4n) is 3.54. The molecule has 0 aromatic carbocycles. The van der Waals surface area contributed by atoms with Gasteiger partial charge in [0.25, 0.3) is 0 Å². The summed E-state index contributed by atoms with van der Waals surface area (Å²) in [6, 6.07) is 0. The molecular formula is C22H44O2S2. The van der Waals surface area contributed by atoms with Crippen molar-refractivity contribution in [1.29, 1.82) is 0 Å². The molecule has 0 aromatic heterocycles. The first-order valence-electron chi connectivity index (χ1n) is 10.9. The summed E-state index contributed by atoms with van der Waals surface area (Å²) in [5.41, 5.74) is 2.85. The number of hydrogen-bond donors (Lipinski definition) is 4. The topological polar surface area (TPSA) is 40.5 Å². The third-order valence-corrected chi connectivity index (χ3v) is 5.73. The van der Waals surface area contributed by atoms with Crippen LogP contribution in [0, 0.1) is 0 Å². The molecule has 0 radical (unpaired) electrons. The lowest BCUT2D eigenvalue weighted by Crippen LogP contribution is -2.00. The van der Waals surface area contributed by atoms with Crippen LogP contribution in [0.5, 0.6) is 0 Å². The van der Waals surface area contributed by atoms with E-state index in [-0.39, 0.29) is 13.2 Å². The van der Waals surface area contributed by atoms with E-state index in [1.807, 2.05) is 0 Å². The quantitative estimate of drug-likeness (QED) is 0.108. The van der Waals surface area contributed by atoms with Gasteiger partial charge < -0.3 is 10.2 Å². The Labute approximate surface area is 174 Å². The van der Waals surface area contributed by atoms with Gasteiger partial charge in [0.15, 0.2) is 0 Å². The molecule has 26 heavy (non-hydrogen) atoms. The Morgan fingerprint density at radius 2 is 0.731 bits per heavy atom. The van der Waals surface area contributed by atoms with Crippen molar-refractivity contribution in [2.45, 2.75) is 103 Å². The lowest BCUT2D eigenvalue weighted by molar-refractivity contribution is 0.289. The predicted octanol–water partition coefficient (Wildman–Crippen LogP) is 6.37. The van der Waals surface area contributed by atoms with Crippen LogP contribution in [0.3, 0.4) is 0 Å². The van der Waals surface area contributed by atoms with Crippen molar-refractivity contribution in [3.63, 3.8) is 0 Å². The van der Waals surface area contributed by atoms with Crippen LogP contribution in [0.15, 0.2) is 11.1 Å². The van der Waals surface area contributed by atoms with Gasteiger partial charge in [-0.3, -0.25) is 0 Å². The molecule has 0 amide bonds. The van der Waals surface area contributed by atoms with Gasteiger partial charge in [0.05, 0.1) is 0 Å². The van der Waals surface area contributed by atoms with Gasteiger partial charge in [-0.25, -0.2) is 0 Å². The summed E-state index contributed by atoms with van der Waals surface area (Å²) in [4.78, 5) is 0. The zero-order valence-corrected chi connectivity index (χ0v) is 18.7. The van der Waals surface area contributed by atoms with E-state index in [4.69, 9.17) is 0 Å². The molecule has 0 spiro atoms. The monoisotopic (exact) mass is 404 g/mol. The van der Waals surface area contributed by atoms with Gasteiger partial charge >= 0.3 is 0 Å². The minimum atomic E-state index is 0.232. The number of aliphatic hydroxyl groups is 2. The highest BCUT2D eigenvalue weighted by molar-refractivity contribution is 7.80. The minimum Gasteiger partial charge on any atom is -0.396 e. The summed E-state index contributed by atoms with van der Waals surface area (Å²) in [6.07, 6.45) is 19.1. The Kier molecular flexibility index (Phi) is 22.0. The zero-order valence-electron chi connectivity index (χ0n) is 16.9. The van der Waals surface area contributed by atoms with Crippen LogP contribution in [-0.4, -0.2) is 34.9 Å². The van der Waals surface area contributed by atoms with Crippen LogP contribution in [-0.2, 0) is 0 Å². The Morgan fingerprint density at radius 1 is 0.423 bits per heavy atom. The van der Waals surface area contributed by atoms with Gasteiger partial charge in [-0.2, -0.15) is 25.3 Å². The molecule has 0 rings (SSSR count). The zero-order chi connectivity index (χ0) is 19.3. The van der Waals surface area contributed by atoms with E-state index < -0.39 is 0 Å². The molecule has 0 aliphatic rings. The van der Waals surface area contributed by atoms with E-state index in [0.29, 0.717) is 0 Å². The first kappa shape index (κ1) is 26.4. The van der Waals surface area contributed by atoms with Crippen LogP contribution >= 0.6 is 25.3 Å². The Morgan fingerprint density at radius 3 is 1.04 bits per heavy atom. The van der Waals surface area contributed by atoms with Crippen molar-refractivity contribution in [2.24, 2.45) is 0 Å². The molecule has 0 saturated heterocycles. The molecule has 0 heterocycles. The molecule has 2 nitrogen and oxygen atoms in total. The second kappa shape index (κ2) is 21.7. The summed E-state index contributed by atoms with van der Waals surface area (Å²) in [5.74, 6) is 2.01. The van der Waals surface area contributed by atoms with Crippen LogP contribution in [0.2, 0.25) is 0 Å². The lowest BCUT2D eigenvalue weighted by atomic mass is 9.92. The molecular weight excluding hydrogens is 360 g/mol. The smallest absolute Gasteiger partial charge is 0.0468 e. The summed E-state index contributed by atoms with van der Waals surface area (Å²) in [6.45, 7) is 0.464. The molecule has 4 heteroatoms. The number of unbranched alkanes of at least 4 members (excludes halogenated alkanes) is 10.